The highest BCUT2D eigenvalue weighted by Crippen LogP contribution is 2.14. The van der Waals surface area contributed by atoms with Crippen LogP contribution in [0.25, 0.3) is 0 Å². The van der Waals surface area contributed by atoms with Gasteiger partial charge in [-0.3, -0.25) is 4.18 Å². The Kier molecular flexibility index (Phi) is 5.37. The van der Waals surface area contributed by atoms with Gasteiger partial charge in [-0.15, -0.1) is 0 Å². The Morgan fingerprint density at radius 3 is 2.57 bits per heavy atom. The molecule has 0 aliphatic rings. The first-order valence-electron chi connectivity index (χ1n) is 4.54. The number of rotatable bonds is 5. The normalized spacial score (nSPS) is 12.7. The summed E-state index contributed by atoms with van der Waals surface area (Å²) in [4.78, 5) is 0.712. The average Bonchev–Trinajstić information content (AvgIpc) is 2.19. The van der Waals surface area contributed by atoms with Gasteiger partial charge < -0.3 is 0 Å². The first-order chi connectivity index (χ1) is 6.74. The molecule has 0 saturated carbocycles. The highest BCUT2D eigenvalue weighted by molar-refractivity contribution is 9.10. The molecular formula is C10H13BrO2S. The zero-order valence-electron chi connectivity index (χ0n) is 8.03. The van der Waals surface area contributed by atoms with Crippen molar-refractivity contribution in [2.24, 2.45) is 0 Å². The standard InChI is InChI=1S/C10H13BrO2S/c1-2-3-8-13-14(12)10-6-4-9(11)5-7-10/h4-7H,2-3,8H2,1H3. The van der Waals surface area contributed by atoms with Crippen LogP contribution >= 0.6 is 15.9 Å². The lowest BCUT2D eigenvalue weighted by atomic mass is 10.4. The van der Waals surface area contributed by atoms with Gasteiger partial charge >= 0.3 is 0 Å². The molecule has 0 amide bonds. The van der Waals surface area contributed by atoms with Crippen LogP contribution in [0.2, 0.25) is 0 Å². The predicted octanol–water partition coefficient (Wildman–Crippen LogP) is 3.29. The minimum absolute atomic E-state index is 0.555. The molecule has 0 bridgehead atoms. The largest absolute Gasteiger partial charge is 0.287 e. The number of halogens is 1. The van der Waals surface area contributed by atoms with Crippen molar-refractivity contribution in [1.29, 1.82) is 0 Å². The Hall–Kier alpha value is -0.190. The molecule has 0 aliphatic heterocycles. The van der Waals surface area contributed by atoms with E-state index in [9.17, 15) is 4.21 Å². The van der Waals surface area contributed by atoms with Gasteiger partial charge in [-0.1, -0.05) is 29.3 Å². The molecule has 0 aliphatic carbocycles. The van der Waals surface area contributed by atoms with E-state index in [1.165, 1.54) is 0 Å². The monoisotopic (exact) mass is 276 g/mol. The van der Waals surface area contributed by atoms with E-state index in [0.717, 1.165) is 17.3 Å². The van der Waals surface area contributed by atoms with Crippen molar-refractivity contribution in [3.05, 3.63) is 28.7 Å². The molecule has 0 radical (unpaired) electrons. The zero-order chi connectivity index (χ0) is 10.4. The summed E-state index contributed by atoms with van der Waals surface area (Å²) in [5, 5.41) is 0. The van der Waals surface area contributed by atoms with Crippen molar-refractivity contribution in [1.82, 2.24) is 0 Å². The lowest BCUT2D eigenvalue weighted by Crippen LogP contribution is -1.99. The zero-order valence-corrected chi connectivity index (χ0v) is 10.4. The fourth-order valence-electron chi connectivity index (χ4n) is 0.893. The lowest BCUT2D eigenvalue weighted by Gasteiger charge is -2.02. The molecule has 4 heteroatoms. The molecule has 2 nitrogen and oxygen atoms in total. The predicted molar refractivity (Wildman–Crippen MR) is 61.4 cm³/mol. The number of hydrogen-bond donors (Lipinski definition) is 0. The topological polar surface area (TPSA) is 26.3 Å². The Labute approximate surface area is 95.5 Å². The smallest absolute Gasteiger partial charge is 0.189 e. The molecule has 0 saturated heterocycles. The summed E-state index contributed by atoms with van der Waals surface area (Å²) < 4.78 is 17.6. The summed E-state index contributed by atoms with van der Waals surface area (Å²) in [6.07, 6.45) is 2.00. The van der Waals surface area contributed by atoms with Gasteiger partial charge in [-0.2, -0.15) is 0 Å². The molecule has 14 heavy (non-hydrogen) atoms. The SMILES string of the molecule is CCCCOS(=O)c1ccc(Br)cc1. The van der Waals surface area contributed by atoms with Gasteiger partial charge in [-0.05, 0) is 30.7 Å². The number of benzene rings is 1. The van der Waals surface area contributed by atoms with Crippen molar-refractivity contribution in [3.63, 3.8) is 0 Å². The molecule has 1 aromatic carbocycles. The van der Waals surface area contributed by atoms with E-state index >= 15 is 0 Å². The summed E-state index contributed by atoms with van der Waals surface area (Å²) in [5.74, 6) is 0. The third-order valence-electron chi connectivity index (χ3n) is 1.69. The van der Waals surface area contributed by atoms with Crippen LogP contribution in [-0.4, -0.2) is 10.8 Å². The second kappa shape index (κ2) is 6.32. The van der Waals surface area contributed by atoms with Crippen LogP contribution in [-0.2, 0) is 15.3 Å². The van der Waals surface area contributed by atoms with Crippen LogP contribution in [0.1, 0.15) is 19.8 Å². The molecule has 1 atom stereocenters. The van der Waals surface area contributed by atoms with E-state index in [4.69, 9.17) is 4.18 Å². The van der Waals surface area contributed by atoms with Crippen LogP contribution < -0.4 is 0 Å². The highest BCUT2D eigenvalue weighted by Gasteiger charge is 2.03. The fraction of sp³-hybridized carbons (Fsp3) is 0.400. The minimum Gasteiger partial charge on any atom is -0.287 e. The van der Waals surface area contributed by atoms with Crippen LogP contribution in [0.4, 0.5) is 0 Å². The van der Waals surface area contributed by atoms with Gasteiger partial charge in [0.2, 0.25) is 0 Å². The maximum atomic E-state index is 11.5. The van der Waals surface area contributed by atoms with Gasteiger partial charge in [0.1, 0.15) is 0 Å². The first kappa shape index (κ1) is 11.9. The molecular weight excluding hydrogens is 264 g/mol. The second-order valence-electron chi connectivity index (χ2n) is 2.86. The van der Waals surface area contributed by atoms with Crippen molar-refractivity contribution in [3.8, 4) is 0 Å². The Morgan fingerprint density at radius 2 is 2.00 bits per heavy atom. The van der Waals surface area contributed by atoms with Gasteiger partial charge in [0.05, 0.1) is 11.5 Å². The van der Waals surface area contributed by atoms with Gasteiger partial charge in [0, 0.05) is 4.47 Å². The molecule has 1 rings (SSSR count). The molecule has 0 aromatic heterocycles. The van der Waals surface area contributed by atoms with Crippen LogP contribution in [0.5, 0.6) is 0 Å². The summed E-state index contributed by atoms with van der Waals surface area (Å²) >= 11 is 2.00. The van der Waals surface area contributed by atoms with E-state index in [-0.39, 0.29) is 0 Å². The summed E-state index contributed by atoms with van der Waals surface area (Å²) in [7, 11) is 0. The first-order valence-corrected chi connectivity index (χ1v) is 6.41. The quantitative estimate of drug-likeness (QED) is 0.772. The molecule has 0 spiro atoms. The summed E-state index contributed by atoms with van der Waals surface area (Å²) in [5.41, 5.74) is 0. The van der Waals surface area contributed by atoms with E-state index in [0.29, 0.717) is 11.5 Å². The van der Waals surface area contributed by atoms with E-state index in [1.54, 1.807) is 12.1 Å². The fourth-order valence-corrected chi connectivity index (χ4v) is 1.92. The van der Waals surface area contributed by atoms with Crippen LogP contribution in [0, 0.1) is 0 Å². The van der Waals surface area contributed by atoms with E-state index < -0.39 is 11.1 Å². The maximum Gasteiger partial charge on any atom is 0.189 e. The Balaban J connectivity index is 2.48. The highest BCUT2D eigenvalue weighted by atomic mass is 79.9. The molecule has 0 fully saturated rings. The Morgan fingerprint density at radius 1 is 1.36 bits per heavy atom. The average molecular weight is 277 g/mol. The third kappa shape index (κ3) is 3.90. The maximum absolute atomic E-state index is 11.5. The number of hydrogen-bond acceptors (Lipinski definition) is 2. The molecule has 1 unspecified atom stereocenters. The van der Waals surface area contributed by atoms with Crippen molar-refractivity contribution in [2.45, 2.75) is 24.7 Å². The second-order valence-corrected chi connectivity index (χ2v) is 4.96. The molecule has 1 aromatic rings. The van der Waals surface area contributed by atoms with Crippen LogP contribution in [0.3, 0.4) is 0 Å². The molecule has 0 N–H and O–H groups in total. The lowest BCUT2D eigenvalue weighted by molar-refractivity contribution is 0.338. The van der Waals surface area contributed by atoms with Crippen molar-refractivity contribution >= 4 is 27.0 Å². The Bertz CT molecular complexity index is 297. The van der Waals surface area contributed by atoms with E-state index in [1.807, 2.05) is 12.1 Å². The van der Waals surface area contributed by atoms with Gasteiger partial charge in [0.15, 0.2) is 11.1 Å². The van der Waals surface area contributed by atoms with E-state index in [2.05, 4.69) is 22.9 Å². The summed E-state index contributed by atoms with van der Waals surface area (Å²) in [6.45, 7) is 2.63. The van der Waals surface area contributed by atoms with Gasteiger partial charge in [0.25, 0.3) is 0 Å². The summed E-state index contributed by atoms with van der Waals surface area (Å²) in [6, 6.07) is 7.31. The van der Waals surface area contributed by atoms with Crippen molar-refractivity contribution in [2.75, 3.05) is 6.61 Å². The van der Waals surface area contributed by atoms with Crippen LogP contribution in [0.15, 0.2) is 33.6 Å². The molecule has 0 heterocycles. The van der Waals surface area contributed by atoms with Gasteiger partial charge in [-0.25, -0.2) is 4.21 Å². The number of unbranched alkanes of at least 4 members (excludes halogenated alkanes) is 1. The third-order valence-corrected chi connectivity index (χ3v) is 3.26. The van der Waals surface area contributed by atoms with Crippen molar-refractivity contribution < 1.29 is 8.39 Å². The minimum atomic E-state index is -1.31. The molecule has 78 valence electrons.